The van der Waals surface area contributed by atoms with Gasteiger partial charge in [-0.3, -0.25) is 5.10 Å². The van der Waals surface area contributed by atoms with Crippen molar-refractivity contribution in [2.24, 2.45) is 5.73 Å². The van der Waals surface area contributed by atoms with Crippen molar-refractivity contribution < 1.29 is 4.39 Å². The van der Waals surface area contributed by atoms with Crippen molar-refractivity contribution in [1.82, 2.24) is 15.2 Å². The zero-order chi connectivity index (χ0) is 11.4. The van der Waals surface area contributed by atoms with Crippen LogP contribution in [0.1, 0.15) is 5.56 Å². The fourth-order valence-electron chi connectivity index (χ4n) is 1.37. The van der Waals surface area contributed by atoms with Gasteiger partial charge in [0.2, 0.25) is 0 Å². The van der Waals surface area contributed by atoms with E-state index in [-0.39, 0.29) is 5.82 Å². The van der Waals surface area contributed by atoms with Gasteiger partial charge >= 0.3 is 0 Å². The molecule has 0 amide bonds. The lowest BCUT2D eigenvalue weighted by atomic mass is 10.1. The summed E-state index contributed by atoms with van der Waals surface area (Å²) in [6.07, 6.45) is 1.94. The number of hydrogen-bond acceptors (Lipinski definition) is 4. The molecule has 4 nitrogen and oxygen atoms in total. The Morgan fingerprint density at radius 3 is 3.00 bits per heavy atom. The highest BCUT2D eigenvalue weighted by molar-refractivity contribution is 7.99. The lowest BCUT2D eigenvalue weighted by molar-refractivity contribution is 0.603. The molecule has 84 valence electrons. The van der Waals surface area contributed by atoms with Crippen LogP contribution in [-0.4, -0.2) is 21.7 Å². The number of rotatable bonds is 4. The smallest absolute Gasteiger partial charge is 0.188 e. The van der Waals surface area contributed by atoms with Crippen LogP contribution >= 0.6 is 11.8 Å². The van der Waals surface area contributed by atoms with Crippen molar-refractivity contribution in [2.75, 3.05) is 6.54 Å². The van der Waals surface area contributed by atoms with Gasteiger partial charge < -0.3 is 5.73 Å². The van der Waals surface area contributed by atoms with Gasteiger partial charge in [0.05, 0.1) is 0 Å². The van der Waals surface area contributed by atoms with E-state index in [4.69, 9.17) is 5.73 Å². The molecule has 6 heteroatoms. The number of halogens is 1. The Labute approximate surface area is 96.5 Å². The monoisotopic (exact) mass is 238 g/mol. The summed E-state index contributed by atoms with van der Waals surface area (Å²) in [5.41, 5.74) is 6.09. The number of aromatic amines is 1. The van der Waals surface area contributed by atoms with Crippen molar-refractivity contribution in [1.29, 1.82) is 0 Å². The summed E-state index contributed by atoms with van der Waals surface area (Å²) in [4.78, 5) is 4.81. The fraction of sp³-hybridized carbons (Fsp3) is 0.200. The Hall–Kier alpha value is -1.40. The maximum absolute atomic E-state index is 13.6. The number of benzene rings is 1. The molecular weight excluding hydrogens is 227 g/mol. The fourth-order valence-corrected chi connectivity index (χ4v) is 2.24. The zero-order valence-electron chi connectivity index (χ0n) is 8.48. The predicted octanol–water partition coefficient (Wildman–Crippen LogP) is 1.60. The van der Waals surface area contributed by atoms with E-state index in [0.717, 1.165) is 4.90 Å². The molecule has 0 saturated heterocycles. The highest BCUT2D eigenvalue weighted by Crippen LogP contribution is 2.29. The first-order valence-corrected chi connectivity index (χ1v) is 5.63. The molecule has 0 aliphatic heterocycles. The topological polar surface area (TPSA) is 67.6 Å². The van der Waals surface area contributed by atoms with Gasteiger partial charge in [0, 0.05) is 10.5 Å². The predicted molar refractivity (Wildman–Crippen MR) is 59.7 cm³/mol. The number of nitrogens with two attached hydrogens (primary N) is 1. The van der Waals surface area contributed by atoms with Gasteiger partial charge in [-0.05, 0) is 36.9 Å². The SMILES string of the molecule is NCCc1c(F)cccc1Sc1ncn[nH]1. The summed E-state index contributed by atoms with van der Waals surface area (Å²) in [7, 11) is 0. The summed E-state index contributed by atoms with van der Waals surface area (Å²) in [5.74, 6) is -0.227. The van der Waals surface area contributed by atoms with Gasteiger partial charge in [0.1, 0.15) is 12.1 Å². The minimum absolute atomic E-state index is 0.227. The van der Waals surface area contributed by atoms with Crippen LogP contribution in [0, 0.1) is 5.82 Å². The van der Waals surface area contributed by atoms with Gasteiger partial charge in [0.25, 0.3) is 0 Å². The molecule has 0 unspecified atom stereocenters. The summed E-state index contributed by atoms with van der Waals surface area (Å²) in [6, 6.07) is 4.96. The Morgan fingerprint density at radius 1 is 1.44 bits per heavy atom. The van der Waals surface area contributed by atoms with Gasteiger partial charge in [-0.2, -0.15) is 5.10 Å². The van der Waals surface area contributed by atoms with Crippen molar-refractivity contribution in [2.45, 2.75) is 16.5 Å². The number of hydrogen-bond donors (Lipinski definition) is 2. The van der Waals surface area contributed by atoms with Crippen LogP contribution in [0.15, 0.2) is 34.6 Å². The molecular formula is C10H11FN4S. The van der Waals surface area contributed by atoms with Crippen molar-refractivity contribution in [3.05, 3.63) is 35.9 Å². The zero-order valence-corrected chi connectivity index (χ0v) is 9.30. The number of H-pyrrole nitrogens is 1. The van der Waals surface area contributed by atoms with E-state index in [1.165, 1.54) is 24.2 Å². The lowest BCUT2D eigenvalue weighted by Gasteiger charge is -2.07. The van der Waals surface area contributed by atoms with Crippen LogP contribution in [-0.2, 0) is 6.42 Å². The van der Waals surface area contributed by atoms with E-state index >= 15 is 0 Å². The van der Waals surface area contributed by atoms with E-state index in [9.17, 15) is 4.39 Å². The summed E-state index contributed by atoms with van der Waals surface area (Å²) in [6.45, 7) is 0.422. The van der Waals surface area contributed by atoms with Crippen molar-refractivity contribution in [3.8, 4) is 0 Å². The van der Waals surface area contributed by atoms with Crippen LogP contribution in [0.2, 0.25) is 0 Å². The van der Waals surface area contributed by atoms with Crippen molar-refractivity contribution in [3.63, 3.8) is 0 Å². The highest BCUT2D eigenvalue weighted by atomic mass is 32.2. The molecule has 1 aromatic carbocycles. The maximum Gasteiger partial charge on any atom is 0.188 e. The average molecular weight is 238 g/mol. The molecule has 1 aromatic heterocycles. The Balaban J connectivity index is 2.29. The normalized spacial score (nSPS) is 10.6. The van der Waals surface area contributed by atoms with Crippen LogP contribution in [0.4, 0.5) is 4.39 Å². The Morgan fingerprint density at radius 2 is 2.31 bits per heavy atom. The van der Waals surface area contributed by atoms with Gasteiger partial charge in [0.15, 0.2) is 5.16 Å². The first-order valence-electron chi connectivity index (χ1n) is 4.82. The minimum Gasteiger partial charge on any atom is -0.330 e. The molecule has 0 bridgehead atoms. The molecule has 0 aliphatic rings. The molecule has 0 radical (unpaired) electrons. The van der Waals surface area contributed by atoms with E-state index in [0.29, 0.717) is 23.7 Å². The summed E-state index contributed by atoms with van der Waals surface area (Å²) >= 11 is 1.35. The highest BCUT2D eigenvalue weighted by Gasteiger charge is 2.09. The summed E-state index contributed by atoms with van der Waals surface area (Å²) in [5, 5.41) is 7.11. The average Bonchev–Trinajstić information content (AvgIpc) is 2.76. The first-order chi connectivity index (χ1) is 7.81. The van der Waals surface area contributed by atoms with Gasteiger partial charge in [-0.15, -0.1) is 0 Å². The molecule has 0 saturated carbocycles. The number of nitrogens with zero attached hydrogens (tertiary/aromatic N) is 2. The Bertz CT molecular complexity index is 458. The number of nitrogens with one attached hydrogen (secondary N) is 1. The molecule has 0 spiro atoms. The standard InChI is InChI=1S/C10H11FN4S/c11-8-2-1-3-9(7(8)4-5-12)16-10-13-6-14-15-10/h1-3,6H,4-5,12H2,(H,13,14,15). The number of aromatic nitrogens is 3. The molecule has 0 fully saturated rings. The molecule has 2 rings (SSSR count). The molecule has 2 aromatic rings. The largest absolute Gasteiger partial charge is 0.330 e. The second kappa shape index (κ2) is 5.09. The van der Waals surface area contributed by atoms with E-state index < -0.39 is 0 Å². The second-order valence-corrected chi connectivity index (χ2v) is 4.18. The molecule has 3 N–H and O–H groups in total. The molecule has 0 atom stereocenters. The van der Waals surface area contributed by atoms with E-state index in [2.05, 4.69) is 15.2 Å². The molecule has 0 aliphatic carbocycles. The van der Waals surface area contributed by atoms with Crippen LogP contribution in [0.5, 0.6) is 0 Å². The quantitative estimate of drug-likeness (QED) is 0.849. The van der Waals surface area contributed by atoms with E-state index in [1.807, 2.05) is 6.07 Å². The van der Waals surface area contributed by atoms with E-state index in [1.54, 1.807) is 6.07 Å². The lowest BCUT2D eigenvalue weighted by Crippen LogP contribution is -2.05. The molecule has 16 heavy (non-hydrogen) atoms. The van der Waals surface area contributed by atoms with Gasteiger partial charge in [-0.1, -0.05) is 6.07 Å². The Kier molecular flexibility index (Phi) is 3.53. The second-order valence-electron chi connectivity index (χ2n) is 3.15. The van der Waals surface area contributed by atoms with Crippen LogP contribution in [0.25, 0.3) is 0 Å². The molecule has 1 heterocycles. The first kappa shape index (κ1) is 11.1. The van der Waals surface area contributed by atoms with Gasteiger partial charge in [-0.25, -0.2) is 9.37 Å². The third-order valence-electron chi connectivity index (χ3n) is 2.07. The maximum atomic E-state index is 13.6. The minimum atomic E-state index is -0.227. The summed E-state index contributed by atoms with van der Waals surface area (Å²) < 4.78 is 13.6. The van der Waals surface area contributed by atoms with Crippen LogP contribution < -0.4 is 5.73 Å². The van der Waals surface area contributed by atoms with Crippen LogP contribution in [0.3, 0.4) is 0 Å². The van der Waals surface area contributed by atoms with Crippen molar-refractivity contribution >= 4 is 11.8 Å². The third kappa shape index (κ3) is 2.40. The third-order valence-corrected chi connectivity index (χ3v) is 3.06.